The Labute approximate surface area is 182 Å². The fourth-order valence-corrected chi connectivity index (χ4v) is 4.18. The molecule has 0 unspecified atom stereocenters. The Morgan fingerprint density at radius 3 is 2.42 bits per heavy atom. The molecule has 3 aromatic rings. The molecule has 0 atom stereocenters. The van der Waals surface area contributed by atoms with Crippen LogP contribution in [0.4, 0.5) is 0 Å². The summed E-state index contributed by atoms with van der Waals surface area (Å²) in [6.45, 7) is 9.81. The summed E-state index contributed by atoms with van der Waals surface area (Å²) in [5.74, 6) is -0.489. The summed E-state index contributed by atoms with van der Waals surface area (Å²) < 4.78 is 12.5. The van der Waals surface area contributed by atoms with E-state index in [0.29, 0.717) is 23.4 Å². The molecule has 6 heteroatoms. The van der Waals surface area contributed by atoms with Crippen molar-refractivity contribution in [3.05, 3.63) is 65.0 Å². The normalized spacial score (nSPS) is 14.7. The molecular weight excluding hydrogens is 392 g/mol. The van der Waals surface area contributed by atoms with Gasteiger partial charge in [0.15, 0.2) is 5.78 Å². The predicted molar refractivity (Wildman–Crippen MR) is 120 cm³/mol. The fraction of sp³-hybridized carbons (Fsp3) is 0.360. The van der Waals surface area contributed by atoms with Crippen molar-refractivity contribution in [1.82, 2.24) is 9.30 Å². The molecule has 1 saturated heterocycles. The zero-order valence-electron chi connectivity index (χ0n) is 18.3. The number of esters is 1. The molecule has 1 aliphatic heterocycles. The van der Waals surface area contributed by atoms with Crippen molar-refractivity contribution < 1.29 is 19.1 Å². The number of Topliss-reactive ketones (excluding diaryl/α,β-unsaturated/α-hetero) is 1. The lowest BCUT2D eigenvalue weighted by Crippen LogP contribution is -2.35. The summed E-state index contributed by atoms with van der Waals surface area (Å²) in [6.07, 6.45) is 1.96. The summed E-state index contributed by atoms with van der Waals surface area (Å²) in [5.41, 5.74) is 5.72. The third-order valence-corrected chi connectivity index (χ3v) is 5.77. The van der Waals surface area contributed by atoms with E-state index in [1.807, 2.05) is 16.7 Å². The summed E-state index contributed by atoms with van der Waals surface area (Å²) in [4.78, 5) is 27.2. The van der Waals surface area contributed by atoms with Gasteiger partial charge in [0.2, 0.25) is 0 Å². The Balaban J connectivity index is 1.67. The van der Waals surface area contributed by atoms with Gasteiger partial charge in [0.1, 0.15) is 0 Å². The van der Waals surface area contributed by atoms with Crippen LogP contribution in [0.25, 0.3) is 16.6 Å². The van der Waals surface area contributed by atoms with Crippen LogP contribution in [0, 0.1) is 6.92 Å². The minimum Gasteiger partial charge on any atom is -0.462 e. The quantitative estimate of drug-likeness (QED) is 0.443. The first-order valence-electron chi connectivity index (χ1n) is 10.7. The summed E-state index contributed by atoms with van der Waals surface area (Å²) >= 11 is 0. The summed E-state index contributed by atoms with van der Waals surface area (Å²) in [6, 6.07) is 12.3. The molecule has 0 bridgehead atoms. The zero-order valence-corrected chi connectivity index (χ0v) is 18.3. The smallest absolute Gasteiger partial charge is 0.338 e. The Morgan fingerprint density at radius 2 is 1.77 bits per heavy atom. The third-order valence-electron chi connectivity index (χ3n) is 5.77. The van der Waals surface area contributed by atoms with E-state index in [2.05, 4.69) is 29.2 Å². The van der Waals surface area contributed by atoms with E-state index < -0.39 is 5.97 Å². The van der Waals surface area contributed by atoms with E-state index in [0.717, 1.165) is 49.5 Å². The van der Waals surface area contributed by atoms with E-state index in [1.54, 1.807) is 19.9 Å². The van der Waals surface area contributed by atoms with Gasteiger partial charge in [-0.2, -0.15) is 0 Å². The van der Waals surface area contributed by atoms with Gasteiger partial charge in [-0.15, -0.1) is 0 Å². The van der Waals surface area contributed by atoms with Gasteiger partial charge in [0, 0.05) is 43.8 Å². The highest BCUT2D eigenvalue weighted by Crippen LogP contribution is 2.28. The number of fused-ring (bicyclic) bond motifs is 1. The predicted octanol–water partition coefficient (Wildman–Crippen LogP) is 4.13. The molecule has 0 spiro atoms. The minimum absolute atomic E-state index is 0.0864. The Morgan fingerprint density at radius 1 is 1.06 bits per heavy atom. The van der Waals surface area contributed by atoms with Crippen molar-refractivity contribution in [2.45, 2.75) is 27.3 Å². The van der Waals surface area contributed by atoms with Gasteiger partial charge in [-0.1, -0.05) is 24.3 Å². The van der Waals surface area contributed by atoms with Gasteiger partial charge in [-0.05, 0) is 42.7 Å². The second-order valence-electron chi connectivity index (χ2n) is 7.92. The van der Waals surface area contributed by atoms with Crippen LogP contribution in [0.3, 0.4) is 0 Å². The topological polar surface area (TPSA) is 60.2 Å². The van der Waals surface area contributed by atoms with Gasteiger partial charge in [-0.3, -0.25) is 9.69 Å². The van der Waals surface area contributed by atoms with Gasteiger partial charge in [-0.25, -0.2) is 4.79 Å². The fourth-order valence-electron chi connectivity index (χ4n) is 4.18. The summed E-state index contributed by atoms with van der Waals surface area (Å²) in [7, 11) is 0. The van der Waals surface area contributed by atoms with Crippen LogP contribution < -0.4 is 0 Å². The van der Waals surface area contributed by atoms with Gasteiger partial charge in [0.25, 0.3) is 0 Å². The lowest BCUT2D eigenvalue weighted by atomic mass is 10.0. The summed E-state index contributed by atoms with van der Waals surface area (Å²) in [5, 5.41) is 0. The maximum Gasteiger partial charge on any atom is 0.338 e. The second-order valence-corrected chi connectivity index (χ2v) is 7.92. The maximum absolute atomic E-state index is 12.4. The van der Waals surface area contributed by atoms with E-state index in [1.165, 1.54) is 12.5 Å². The van der Waals surface area contributed by atoms with Crippen molar-refractivity contribution in [2.75, 3.05) is 32.9 Å². The van der Waals surface area contributed by atoms with Crippen molar-refractivity contribution in [1.29, 1.82) is 0 Å². The highest BCUT2D eigenvalue weighted by atomic mass is 16.5. The SMILES string of the molecule is CCOC(=O)c1cc2cc(-c3ccc(CN4CCOCC4)cc3)cn2c(C(C)=O)c1C. The third kappa shape index (κ3) is 4.40. The number of morpholine rings is 1. The van der Waals surface area contributed by atoms with Crippen molar-refractivity contribution >= 4 is 17.3 Å². The van der Waals surface area contributed by atoms with Crippen LogP contribution in [0.2, 0.25) is 0 Å². The van der Waals surface area contributed by atoms with Crippen LogP contribution in [0.5, 0.6) is 0 Å². The van der Waals surface area contributed by atoms with Crippen LogP contribution in [-0.2, 0) is 16.0 Å². The number of carbonyl (C=O) groups excluding carboxylic acids is 2. The molecule has 0 radical (unpaired) electrons. The lowest BCUT2D eigenvalue weighted by Gasteiger charge is -2.26. The largest absolute Gasteiger partial charge is 0.462 e. The van der Waals surface area contributed by atoms with Crippen molar-refractivity contribution in [3.63, 3.8) is 0 Å². The number of hydrogen-bond donors (Lipinski definition) is 0. The molecule has 0 amide bonds. The monoisotopic (exact) mass is 420 g/mol. The van der Waals surface area contributed by atoms with Gasteiger partial charge < -0.3 is 13.9 Å². The first-order valence-corrected chi connectivity index (χ1v) is 10.7. The number of rotatable bonds is 6. The van der Waals surface area contributed by atoms with E-state index >= 15 is 0 Å². The van der Waals surface area contributed by atoms with Gasteiger partial charge in [0.05, 0.1) is 31.1 Å². The maximum atomic E-state index is 12.4. The van der Waals surface area contributed by atoms with E-state index in [-0.39, 0.29) is 5.78 Å². The first-order chi connectivity index (χ1) is 15.0. The number of hydrogen-bond acceptors (Lipinski definition) is 5. The average Bonchev–Trinajstić information content (AvgIpc) is 3.18. The van der Waals surface area contributed by atoms with Crippen LogP contribution in [0.15, 0.2) is 42.6 Å². The number of aromatic nitrogens is 1. The minimum atomic E-state index is -0.403. The number of benzene rings is 1. The molecule has 1 aromatic carbocycles. The average molecular weight is 421 g/mol. The highest BCUT2D eigenvalue weighted by Gasteiger charge is 2.20. The van der Waals surface area contributed by atoms with E-state index in [4.69, 9.17) is 9.47 Å². The van der Waals surface area contributed by atoms with Crippen LogP contribution in [0.1, 0.15) is 45.8 Å². The molecule has 3 heterocycles. The van der Waals surface area contributed by atoms with Crippen molar-refractivity contribution in [3.8, 4) is 11.1 Å². The van der Waals surface area contributed by atoms with Crippen molar-refractivity contribution in [2.24, 2.45) is 0 Å². The zero-order chi connectivity index (χ0) is 22.0. The molecule has 0 saturated carbocycles. The van der Waals surface area contributed by atoms with E-state index in [9.17, 15) is 9.59 Å². The highest BCUT2D eigenvalue weighted by molar-refractivity contribution is 6.01. The Hall–Kier alpha value is -2.96. The molecule has 1 fully saturated rings. The van der Waals surface area contributed by atoms with Crippen LogP contribution >= 0.6 is 0 Å². The molecule has 2 aromatic heterocycles. The Bertz CT molecular complexity index is 1110. The molecule has 4 rings (SSSR count). The molecule has 0 N–H and O–H groups in total. The standard InChI is InChI=1S/C25H28N2O4/c1-4-31-25(29)23-14-22-13-21(16-27(22)24(17(23)2)18(3)28)20-7-5-19(6-8-20)15-26-9-11-30-12-10-26/h5-8,13-14,16H,4,9-12,15H2,1-3H3. The number of carbonyl (C=O) groups is 2. The number of ketones is 1. The second kappa shape index (κ2) is 9.04. The molecule has 0 aliphatic carbocycles. The number of pyridine rings is 1. The molecule has 162 valence electrons. The number of ether oxygens (including phenoxy) is 2. The molecular formula is C25H28N2O4. The van der Waals surface area contributed by atoms with Crippen LogP contribution in [-0.4, -0.2) is 54.0 Å². The Kier molecular flexibility index (Phi) is 6.20. The van der Waals surface area contributed by atoms with Gasteiger partial charge >= 0.3 is 5.97 Å². The first kappa shape index (κ1) is 21.3. The molecule has 1 aliphatic rings. The molecule has 31 heavy (non-hydrogen) atoms. The molecule has 6 nitrogen and oxygen atoms in total. The number of nitrogens with zero attached hydrogens (tertiary/aromatic N) is 2. The lowest BCUT2D eigenvalue weighted by molar-refractivity contribution is 0.0342.